The summed E-state index contributed by atoms with van der Waals surface area (Å²) in [4.78, 5) is 35.5. The first-order chi connectivity index (χ1) is 17.9. The first-order valence-electron chi connectivity index (χ1n) is 13.1. The van der Waals surface area contributed by atoms with Crippen LogP contribution in [-0.2, 0) is 9.59 Å². The number of primary amides is 2. The number of benzene rings is 1. The normalized spacial score (nSPS) is 23.7. The van der Waals surface area contributed by atoms with Crippen molar-refractivity contribution in [2.24, 2.45) is 16.9 Å². The number of hydrogen-bond donors (Lipinski definition) is 2. The number of methoxy groups -OCH3 is 1. The molecule has 0 saturated carbocycles. The lowest BCUT2D eigenvalue weighted by Crippen LogP contribution is -2.59. The molecular weight excluding hydrogens is 470 g/mol. The molecule has 3 aromatic rings. The number of piperidine rings is 3. The predicted octanol–water partition coefficient (Wildman–Crippen LogP) is 3.76. The Morgan fingerprint density at radius 3 is 2.70 bits per heavy atom. The summed E-state index contributed by atoms with van der Waals surface area (Å²) in [5, 5.41) is 0.987. The summed E-state index contributed by atoms with van der Waals surface area (Å²) in [5.74, 6) is 1.27. The zero-order valence-electron chi connectivity index (χ0n) is 21.3. The molecule has 9 heteroatoms. The summed E-state index contributed by atoms with van der Waals surface area (Å²) >= 11 is 0. The van der Waals surface area contributed by atoms with Crippen LogP contribution < -0.4 is 16.2 Å². The zero-order chi connectivity index (χ0) is 26.0. The molecule has 37 heavy (non-hydrogen) atoms. The minimum Gasteiger partial charge on any atom is -0.480 e. The van der Waals surface area contributed by atoms with E-state index in [4.69, 9.17) is 25.6 Å². The number of carbonyl (C=O) groups excluding carboxylic acids is 2. The Hall–Kier alpha value is -3.46. The van der Waals surface area contributed by atoms with Crippen LogP contribution in [0.2, 0.25) is 0 Å². The van der Waals surface area contributed by atoms with Crippen LogP contribution in [0.1, 0.15) is 63.2 Å². The third-order valence-corrected chi connectivity index (χ3v) is 8.24. The molecule has 0 spiro atoms. The van der Waals surface area contributed by atoms with Crippen LogP contribution in [0.25, 0.3) is 22.2 Å². The molecule has 4 N–H and O–H groups in total. The standard InChI is InChI=1S/C28H35N5O4/c1-36-26-20(15-18-7-5-6-9-21(18)32-26)23-17-31-25(37-23)19(8-3-2-4-10-24(29)34)22-16-28(27(30)35)11-13-33(22)14-12-28/h5-7,9,15,17,19,22H,2-4,8,10-14,16H2,1H3,(H2,29,34)(H2,30,35)/t19?,22-/m0/s1. The van der Waals surface area contributed by atoms with Crippen molar-refractivity contribution in [3.8, 4) is 17.2 Å². The third kappa shape index (κ3) is 5.05. The highest BCUT2D eigenvalue weighted by Gasteiger charge is 2.51. The van der Waals surface area contributed by atoms with Gasteiger partial charge in [0, 0.05) is 17.8 Å². The SMILES string of the molecule is COc1nc2ccccc2cc1-c1cnc(C(CCCCCC(N)=O)[C@@H]2CC3(C(N)=O)CCN2CC3)o1. The van der Waals surface area contributed by atoms with Gasteiger partial charge >= 0.3 is 0 Å². The van der Waals surface area contributed by atoms with Crippen LogP contribution >= 0.6 is 0 Å². The number of fused-ring (bicyclic) bond motifs is 4. The molecular formula is C28H35N5O4. The first kappa shape index (κ1) is 25.2. The van der Waals surface area contributed by atoms with Crippen molar-refractivity contribution in [3.63, 3.8) is 0 Å². The second-order valence-corrected chi connectivity index (χ2v) is 10.4. The lowest BCUT2D eigenvalue weighted by molar-refractivity contribution is -0.139. The molecule has 1 aromatic carbocycles. The maximum Gasteiger partial charge on any atom is 0.224 e. The third-order valence-electron chi connectivity index (χ3n) is 8.24. The first-order valence-corrected chi connectivity index (χ1v) is 13.1. The Labute approximate surface area is 216 Å². The van der Waals surface area contributed by atoms with E-state index in [0.29, 0.717) is 30.4 Å². The van der Waals surface area contributed by atoms with Gasteiger partial charge in [-0.1, -0.05) is 31.0 Å². The Balaban J connectivity index is 1.44. The monoisotopic (exact) mass is 505 g/mol. The number of aromatic nitrogens is 2. The largest absolute Gasteiger partial charge is 0.480 e. The van der Waals surface area contributed by atoms with Gasteiger partial charge in [-0.15, -0.1) is 0 Å². The summed E-state index contributed by atoms with van der Waals surface area (Å²) in [7, 11) is 1.60. The van der Waals surface area contributed by atoms with Crippen molar-refractivity contribution in [2.75, 3.05) is 20.2 Å². The molecule has 9 nitrogen and oxygen atoms in total. The van der Waals surface area contributed by atoms with Crippen molar-refractivity contribution in [1.29, 1.82) is 0 Å². The Kier molecular flexibility index (Phi) is 7.15. The summed E-state index contributed by atoms with van der Waals surface area (Å²) in [5.41, 5.74) is 12.4. The quantitative estimate of drug-likeness (QED) is 0.378. The molecule has 6 rings (SSSR count). The minimum atomic E-state index is -0.454. The van der Waals surface area contributed by atoms with Gasteiger partial charge in [-0.2, -0.15) is 0 Å². The number of amides is 2. The number of nitrogens with two attached hydrogens (primary N) is 2. The molecule has 1 unspecified atom stereocenters. The van der Waals surface area contributed by atoms with Crippen LogP contribution in [0.3, 0.4) is 0 Å². The average Bonchev–Trinajstić information content (AvgIpc) is 3.40. The highest BCUT2D eigenvalue weighted by Crippen LogP contribution is 2.48. The maximum absolute atomic E-state index is 12.5. The molecule has 2 atom stereocenters. The number of pyridine rings is 1. The molecule has 5 heterocycles. The van der Waals surface area contributed by atoms with Crippen LogP contribution in [-0.4, -0.2) is 52.9 Å². The number of unbranched alkanes of at least 4 members (excludes halogenated alkanes) is 2. The fourth-order valence-electron chi connectivity index (χ4n) is 6.10. The Morgan fingerprint density at radius 1 is 1.19 bits per heavy atom. The smallest absolute Gasteiger partial charge is 0.224 e. The van der Waals surface area contributed by atoms with Gasteiger partial charge in [-0.05, 0) is 57.3 Å². The molecule has 2 aromatic heterocycles. The fourth-order valence-corrected chi connectivity index (χ4v) is 6.10. The number of nitrogens with zero attached hydrogens (tertiary/aromatic N) is 3. The van der Waals surface area contributed by atoms with Gasteiger partial charge in [0.05, 0.1) is 35.7 Å². The Morgan fingerprint density at radius 2 is 1.97 bits per heavy atom. The van der Waals surface area contributed by atoms with Gasteiger partial charge in [0.2, 0.25) is 17.7 Å². The van der Waals surface area contributed by atoms with E-state index >= 15 is 0 Å². The summed E-state index contributed by atoms with van der Waals surface area (Å²) in [6.07, 6.45) is 7.86. The number of ether oxygens (including phenoxy) is 1. The minimum absolute atomic E-state index is 0.000985. The van der Waals surface area contributed by atoms with Gasteiger partial charge in [0.25, 0.3) is 0 Å². The second-order valence-electron chi connectivity index (χ2n) is 10.4. The lowest BCUT2D eigenvalue weighted by Gasteiger charge is -2.53. The molecule has 3 aliphatic rings. The Bertz CT molecular complexity index is 1280. The van der Waals surface area contributed by atoms with E-state index < -0.39 is 5.41 Å². The highest BCUT2D eigenvalue weighted by molar-refractivity contribution is 5.85. The van der Waals surface area contributed by atoms with Gasteiger partial charge in [-0.3, -0.25) is 14.5 Å². The van der Waals surface area contributed by atoms with E-state index in [-0.39, 0.29) is 23.8 Å². The van der Waals surface area contributed by atoms with E-state index in [2.05, 4.69) is 9.88 Å². The highest BCUT2D eigenvalue weighted by atomic mass is 16.5. The summed E-state index contributed by atoms with van der Waals surface area (Å²) in [6, 6.07) is 10.0. The van der Waals surface area contributed by atoms with Gasteiger partial charge in [0.15, 0.2) is 11.7 Å². The van der Waals surface area contributed by atoms with E-state index in [1.807, 2.05) is 30.3 Å². The van der Waals surface area contributed by atoms with Crippen LogP contribution in [0.15, 0.2) is 40.9 Å². The van der Waals surface area contributed by atoms with Crippen molar-refractivity contribution in [3.05, 3.63) is 42.4 Å². The fraction of sp³-hybridized carbons (Fsp3) is 0.500. The molecule has 2 bridgehead atoms. The lowest BCUT2D eigenvalue weighted by atomic mass is 9.65. The molecule has 0 radical (unpaired) electrons. The number of rotatable bonds is 11. The van der Waals surface area contributed by atoms with Crippen molar-refractivity contribution < 1.29 is 18.7 Å². The number of para-hydroxylation sites is 1. The number of carbonyl (C=O) groups is 2. The van der Waals surface area contributed by atoms with Crippen molar-refractivity contribution >= 4 is 22.7 Å². The predicted molar refractivity (Wildman–Crippen MR) is 140 cm³/mol. The van der Waals surface area contributed by atoms with E-state index in [1.165, 1.54) is 0 Å². The summed E-state index contributed by atoms with van der Waals surface area (Å²) < 4.78 is 12.0. The van der Waals surface area contributed by atoms with E-state index in [1.54, 1.807) is 13.3 Å². The van der Waals surface area contributed by atoms with Gasteiger partial charge in [0.1, 0.15) is 0 Å². The zero-order valence-corrected chi connectivity index (χ0v) is 21.3. The van der Waals surface area contributed by atoms with E-state index in [9.17, 15) is 9.59 Å². The van der Waals surface area contributed by atoms with E-state index in [0.717, 1.165) is 68.1 Å². The molecule has 3 saturated heterocycles. The topological polar surface area (TPSA) is 138 Å². The number of oxazole rings is 1. The van der Waals surface area contributed by atoms with Crippen LogP contribution in [0.4, 0.5) is 0 Å². The van der Waals surface area contributed by atoms with Crippen molar-refractivity contribution in [1.82, 2.24) is 14.9 Å². The molecule has 3 aliphatic heterocycles. The number of hydrogen-bond acceptors (Lipinski definition) is 7. The van der Waals surface area contributed by atoms with Crippen LogP contribution in [0, 0.1) is 5.41 Å². The second kappa shape index (κ2) is 10.5. The molecule has 3 fully saturated rings. The maximum atomic E-state index is 12.5. The molecule has 196 valence electrons. The molecule has 2 amide bonds. The van der Waals surface area contributed by atoms with Gasteiger partial charge in [-0.25, -0.2) is 9.97 Å². The summed E-state index contributed by atoms with van der Waals surface area (Å²) in [6.45, 7) is 1.70. The van der Waals surface area contributed by atoms with Gasteiger partial charge < -0.3 is 20.6 Å². The average molecular weight is 506 g/mol. The van der Waals surface area contributed by atoms with Crippen molar-refractivity contribution in [2.45, 2.75) is 63.3 Å². The molecule has 0 aliphatic carbocycles. The van der Waals surface area contributed by atoms with Crippen LogP contribution in [0.5, 0.6) is 5.88 Å².